The smallest absolute Gasteiger partial charge is 0.223 e. The van der Waals surface area contributed by atoms with Gasteiger partial charge in [-0.1, -0.05) is 11.3 Å². The van der Waals surface area contributed by atoms with Crippen molar-refractivity contribution < 1.29 is 13.9 Å². The van der Waals surface area contributed by atoms with Gasteiger partial charge in [-0.3, -0.25) is 4.79 Å². The zero-order valence-electron chi connectivity index (χ0n) is 16.2. The number of anilines is 1. The zero-order chi connectivity index (χ0) is 20.2. The molecule has 152 valence electrons. The molecule has 1 aliphatic heterocycles. The maximum Gasteiger partial charge on any atom is 0.223 e. The van der Waals surface area contributed by atoms with Crippen LogP contribution in [0.4, 0.5) is 9.52 Å². The highest BCUT2D eigenvalue weighted by Crippen LogP contribution is 2.32. The maximum absolute atomic E-state index is 13.2. The Balaban J connectivity index is 1.42. The molecule has 1 aliphatic rings. The van der Waals surface area contributed by atoms with Crippen molar-refractivity contribution in [2.45, 2.75) is 12.8 Å². The summed E-state index contributed by atoms with van der Waals surface area (Å²) in [4.78, 5) is 24.7. The number of pyridine rings is 1. The van der Waals surface area contributed by atoms with Crippen molar-refractivity contribution >= 4 is 32.7 Å². The number of piperidine rings is 1. The number of nitrogens with zero attached hydrogens (tertiary/aromatic N) is 3. The Morgan fingerprint density at radius 3 is 2.69 bits per heavy atom. The topological polar surface area (TPSA) is 67.3 Å². The number of nitrogens with one attached hydrogen (secondary N) is 1. The van der Waals surface area contributed by atoms with Crippen LogP contribution < -0.4 is 10.2 Å². The molecule has 29 heavy (non-hydrogen) atoms. The number of halogens is 1. The van der Waals surface area contributed by atoms with Crippen LogP contribution >= 0.6 is 11.3 Å². The second kappa shape index (κ2) is 8.84. The van der Waals surface area contributed by atoms with Gasteiger partial charge in [0, 0.05) is 38.2 Å². The molecule has 6 nitrogen and oxygen atoms in total. The Labute approximate surface area is 172 Å². The van der Waals surface area contributed by atoms with E-state index in [1.807, 2.05) is 12.1 Å². The summed E-state index contributed by atoms with van der Waals surface area (Å²) in [6, 6.07) is 10.2. The normalized spacial score (nSPS) is 15.0. The van der Waals surface area contributed by atoms with Crippen molar-refractivity contribution in [3.63, 3.8) is 0 Å². The number of ether oxygens (including phenoxy) is 1. The number of carbonyl (C=O) groups excluding carboxylic acids is 1. The molecule has 1 amide bonds. The molecule has 1 N–H and O–H groups in total. The van der Waals surface area contributed by atoms with Crippen LogP contribution in [0.5, 0.6) is 0 Å². The Morgan fingerprint density at radius 1 is 1.21 bits per heavy atom. The van der Waals surface area contributed by atoms with E-state index in [1.165, 1.54) is 12.1 Å². The van der Waals surface area contributed by atoms with Crippen LogP contribution in [-0.2, 0) is 9.53 Å². The van der Waals surface area contributed by atoms with Gasteiger partial charge >= 0.3 is 0 Å². The molecule has 0 saturated carbocycles. The second-order valence-corrected chi connectivity index (χ2v) is 8.03. The van der Waals surface area contributed by atoms with Gasteiger partial charge in [-0.05, 0) is 49.2 Å². The minimum Gasteiger partial charge on any atom is -0.383 e. The van der Waals surface area contributed by atoms with Crippen molar-refractivity contribution in [1.29, 1.82) is 0 Å². The molecular formula is C21H23FN4O2S. The molecule has 0 radical (unpaired) electrons. The highest BCUT2D eigenvalue weighted by atomic mass is 32.1. The Bertz CT molecular complexity index is 984. The molecule has 8 heteroatoms. The summed E-state index contributed by atoms with van der Waals surface area (Å²) in [6.45, 7) is 2.68. The van der Waals surface area contributed by atoms with Gasteiger partial charge in [0.25, 0.3) is 0 Å². The lowest BCUT2D eigenvalue weighted by Crippen LogP contribution is -2.41. The average Bonchev–Trinajstić information content (AvgIpc) is 3.18. The van der Waals surface area contributed by atoms with Crippen LogP contribution in [0, 0.1) is 11.7 Å². The molecule has 3 aromatic rings. The number of hydrogen-bond acceptors (Lipinski definition) is 6. The van der Waals surface area contributed by atoms with E-state index in [4.69, 9.17) is 14.7 Å². The molecule has 1 fully saturated rings. The van der Waals surface area contributed by atoms with Crippen molar-refractivity contribution in [2.75, 3.05) is 38.3 Å². The van der Waals surface area contributed by atoms with Gasteiger partial charge in [0.2, 0.25) is 5.91 Å². The molecule has 0 atom stereocenters. The monoisotopic (exact) mass is 414 g/mol. The molecule has 0 bridgehead atoms. The third-order valence-corrected chi connectivity index (χ3v) is 6.15. The summed E-state index contributed by atoms with van der Waals surface area (Å²) in [5, 5.41) is 3.86. The SMILES string of the molecule is COCCNC(=O)C1CCN(c2nc3ccc(-c4ccc(F)cc4)nc3s2)CC1. The van der Waals surface area contributed by atoms with Gasteiger partial charge in [0.15, 0.2) is 5.13 Å². The third-order valence-electron chi connectivity index (χ3n) is 5.13. The van der Waals surface area contributed by atoms with Gasteiger partial charge < -0.3 is 15.0 Å². The van der Waals surface area contributed by atoms with Gasteiger partial charge in [-0.2, -0.15) is 0 Å². The van der Waals surface area contributed by atoms with Crippen molar-refractivity contribution in [2.24, 2.45) is 5.92 Å². The Morgan fingerprint density at radius 2 is 1.97 bits per heavy atom. The highest BCUT2D eigenvalue weighted by molar-refractivity contribution is 7.21. The minimum absolute atomic E-state index is 0.0423. The summed E-state index contributed by atoms with van der Waals surface area (Å²) in [5.41, 5.74) is 2.54. The second-order valence-electron chi connectivity index (χ2n) is 7.07. The van der Waals surface area contributed by atoms with Crippen LogP contribution in [0.3, 0.4) is 0 Å². The Kier molecular flexibility index (Phi) is 6.01. The van der Waals surface area contributed by atoms with E-state index in [0.29, 0.717) is 13.2 Å². The first-order valence-corrected chi connectivity index (χ1v) is 10.5. The number of hydrogen-bond donors (Lipinski definition) is 1. The number of benzene rings is 1. The molecule has 2 aromatic heterocycles. The fourth-order valence-corrected chi connectivity index (χ4v) is 4.47. The fourth-order valence-electron chi connectivity index (χ4n) is 3.48. The summed E-state index contributed by atoms with van der Waals surface area (Å²) in [6.07, 6.45) is 1.62. The summed E-state index contributed by atoms with van der Waals surface area (Å²) in [7, 11) is 1.63. The first kappa shape index (κ1) is 19.7. The molecular weight excluding hydrogens is 391 g/mol. The van der Waals surface area contributed by atoms with Crippen LogP contribution in [0.2, 0.25) is 0 Å². The van der Waals surface area contributed by atoms with E-state index in [1.54, 1.807) is 30.6 Å². The lowest BCUT2D eigenvalue weighted by atomic mass is 9.96. The van der Waals surface area contributed by atoms with Gasteiger partial charge in [0.05, 0.1) is 12.3 Å². The molecule has 1 saturated heterocycles. The van der Waals surface area contributed by atoms with E-state index < -0.39 is 0 Å². The van der Waals surface area contributed by atoms with E-state index in [9.17, 15) is 9.18 Å². The third kappa shape index (κ3) is 4.54. The number of amides is 1. The van der Waals surface area contributed by atoms with Crippen molar-refractivity contribution in [3.8, 4) is 11.3 Å². The number of carbonyl (C=O) groups is 1. The van der Waals surface area contributed by atoms with Crippen molar-refractivity contribution in [3.05, 3.63) is 42.2 Å². The molecule has 1 aromatic carbocycles. The number of thiazole rings is 1. The largest absolute Gasteiger partial charge is 0.383 e. The molecule has 0 unspecified atom stereocenters. The predicted molar refractivity (Wildman–Crippen MR) is 113 cm³/mol. The number of methoxy groups -OCH3 is 1. The van der Waals surface area contributed by atoms with Crippen LogP contribution in [-0.4, -0.2) is 49.2 Å². The summed E-state index contributed by atoms with van der Waals surface area (Å²) in [5.74, 6) is -0.108. The van der Waals surface area contributed by atoms with E-state index in [2.05, 4.69) is 10.2 Å². The van der Waals surface area contributed by atoms with E-state index in [0.717, 1.165) is 52.7 Å². The molecule has 4 rings (SSSR count). The van der Waals surface area contributed by atoms with Crippen molar-refractivity contribution in [1.82, 2.24) is 15.3 Å². The molecule has 0 aliphatic carbocycles. The molecule has 3 heterocycles. The lowest BCUT2D eigenvalue weighted by Gasteiger charge is -2.30. The minimum atomic E-state index is -0.259. The average molecular weight is 415 g/mol. The van der Waals surface area contributed by atoms with E-state index >= 15 is 0 Å². The number of fused-ring (bicyclic) bond motifs is 1. The first-order chi connectivity index (χ1) is 14.1. The quantitative estimate of drug-likeness (QED) is 0.626. The van der Waals surface area contributed by atoms with Crippen LogP contribution in [0.25, 0.3) is 21.6 Å². The predicted octanol–water partition coefficient (Wildman–Crippen LogP) is 3.48. The van der Waals surface area contributed by atoms with Gasteiger partial charge in [0.1, 0.15) is 16.2 Å². The molecule has 0 spiro atoms. The zero-order valence-corrected chi connectivity index (χ0v) is 17.0. The fraction of sp³-hybridized carbons (Fsp3) is 0.381. The highest BCUT2D eigenvalue weighted by Gasteiger charge is 2.26. The Hall–Kier alpha value is -2.58. The van der Waals surface area contributed by atoms with Gasteiger partial charge in [-0.15, -0.1) is 0 Å². The summed E-state index contributed by atoms with van der Waals surface area (Å²) < 4.78 is 18.1. The lowest BCUT2D eigenvalue weighted by molar-refractivity contribution is -0.125. The van der Waals surface area contributed by atoms with Crippen LogP contribution in [0.15, 0.2) is 36.4 Å². The van der Waals surface area contributed by atoms with Gasteiger partial charge in [-0.25, -0.2) is 14.4 Å². The number of aromatic nitrogens is 2. The maximum atomic E-state index is 13.2. The number of rotatable bonds is 6. The van der Waals surface area contributed by atoms with E-state index in [-0.39, 0.29) is 17.6 Å². The summed E-state index contributed by atoms with van der Waals surface area (Å²) >= 11 is 1.55. The van der Waals surface area contributed by atoms with Crippen LogP contribution in [0.1, 0.15) is 12.8 Å². The first-order valence-electron chi connectivity index (χ1n) is 9.69. The standard InChI is InChI=1S/C21H23FN4O2S/c1-28-13-10-23-19(27)15-8-11-26(12-9-15)21-25-18-7-6-17(24-20(18)29-21)14-2-4-16(22)5-3-14/h2-7,15H,8-13H2,1H3,(H,23,27).